The smallest absolute Gasteiger partial charge is 0.214 e. The summed E-state index contributed by atoms with van der Waals surface area (Å²) in [6.45, 7) is 7.73. The molecule has 2 N–H and O–H groups in total. The molecule has 0 saturated heterocycles. The van der Waals surface area contributed by atoms with Crippen molar-refractivity contribution in [3.8, 4) is 5.75 Å². The molecule has 1 aromatic heterocycles. The van der Waals surface area contributed by atoms with Crippen molar-refractivity contribution in [2.24, 2.45) is 4.99 Å². The molecule has 0 radical (unpaired) electrons. The van der Waals surface area contributed by atoms with Crippen LogP contribution in [0.25, 0.3) is 0 Å². The van der Waals surface area contributed by atoms with Gasteiger partial charge in [0.1, 0.15) is 11.5 Å². The van der Waals surface area contributed by atoms with Crippen LogP contribution >= 0.6 is 24.0 Å². The van der Waals surface area contributed by atoms with E-state index in [4.69, 9.17) is 9.15 Å². The molecule has 0 spiro atoms. The van der Waals surface area contributed by atoms with Gasteiger partial charge in [-0.15, -0.1) is 24.0 Å². The van der Waals surface area contributed by atoms with Crippen LogP contribution in [0, 0.1) is 13.8 Å². The maximum Gasteiger partial charge on any atom is 0.214 e. The van der Waals surface area contributed by atoms with Gasteiger partial charge in [0.25, 0.3) is 0 Å². The molecule has 0 atom stereocenters. The number of hydrogen-bond donors (Lipinski definition) is 2. The number of hydrogen-bond acceptors (Lipinski definition) is 4. The molecule has 7 heteroatoms. The molecule has 0 aliphatic carbocycles. The maximum absolute atomic E-state index is 5.56. The zero-order chi connectivity index (χ0) is 16.7. The van der Waals surface area contributed by atoms with Gasteiger partial charge in [-0.2, -0.15) is 0 Å². The van der Waals surface area contributed by atoms with Gasteiger partial charge in [-0.05, 0) is 38.5 Å². The van der Waals surface area contributed by atoms with Gasteiger partial charge < -0.3 is 19.8 Å². The van der Waals surface area contributed by atoms with Gasteiger partial charge in [-0.1, -0.05) is 12.1 Å². The molecule has 0 bridgehead atoms. The van der Waals surface area contributed by atoms with Gasteiger partial charge in [0.05, 0.1) is 25.9 Å². The second-order valence-corrected chi connectivity index (χ2v) is 5.15. The second kappa shape index (κ2) is 10.2. The lowest BCUT2D eigenvalue weighted by molar-refractivity contribution is 0.414. The number of nitrogens with one attached hydrogen (secondary N) is 2. The monoisotopic (exact) mass is 444 g/mol. The highest BCUT2D eigenvalue weighted by atomic mass is 127. The number of halogens is 1. The quantitative estimate of drug-likeness (QED) is 0.407. The number of aryl methyl sites for hydroxylation is 2. The summed E-state index contributed by atoms with van der Waals surface area (Å²) in [5, 5.41) is 6.44. The molecule has 0 aliphatic rings. The lowest BCUT2D eigenvalue weighted by Gasteiger charge is -2.10. The number of guanidine groups is 1. The van der Waals surface area contributed by atoms with E-state index in [-0.39, 0.29) is 24.0 Å². The van der Waals surface area contributed by atoms with E-state index in [1.54, 1.807) is 7.11 Å². The van der Waals surface area contributed by atoms with Crippen LogP contribution < -0.4 is 15.4 Å². The molecular weight excluding hydrogens is 419 g/mol. The Labute approximate surface area is 160 Å². The van der Waals surface area contributed by atoms with Crippen LogP contribution in [0.5, 0.6) is 5.75 Å². The first kappa shape index (κ1) is 20.3. The molecule has 0 aliphatic heterocycles. The van der Waals surface area contributed by atoms with Crippen molar-refractivity contribution in [1.29, 1.82) is 0 Å². The Hall–Kier alpha value is -1.77. The van der Waals surface area contributed by atoms with Gasteiger partial charge in [-0.25, -0.2) is 9.98 Å². The zero-order valence-electron chi connectivity index (χ0n) is 14.5. The first-order chi connectivity index (χ1) is 11.1. The molecule has 24 heavy (non-hydrogen) atoms. The van der Waals surface area contributed by atoms with Gasteiger partial charge in [-0.3, -0.25) is 0 Å². The van der Waals surface area contributed by atoms with Gasteiger partial charge in [0, 0.05) is 6.54 Å². The number of nitrogens with zero attached hydrogens (tertiary/aromatic N) is 2. The average Bonchev–Trinajstić information content (AvgIpc) is 2.88. The number of oxazole rings is 1. The summed E-state index contributed by atoms with van der Waals surface area (Å²) < 4.78 is 10.8. The normalized spacial score (nSPS) is 10.9. The fourth-order valence-electron chi connectivity index (χ4n) is 2.06. The van der Waals surface area contributed by atoms with Gasteiger partial charge in [0.2, 0.25) is 5.89 Å². The topological polar surface area (TPSA) is 71.7 Å². The van der Waals surface area contributed by atoms with E-state index in [1.807, 2.05) is 45.0 Å². The maximum atomic E-state index is 5.56. The SMILES string of the molecule is CCNC(=NCc1cccc(OC)c1)NCc1nc(C)c(C)o1.I. The average molecular weight is 444 g/mol. The number of methoxy groups -OCH3 is 1. The van der Waals surface area contributed by atoms with Gasteiger partial charge in [0.15, 0.2) is 5.96 Å². The Bertz CT molecular complexity index is 651. The van der Waals surface area contributed by atoms with Crippen molar-refractivity contribution < 1.29 is 9.15 Å². The minimum absolute atomic E-state index is 0. The number of rotatable bonds is 6. The summed E-state index contributed by atoms with van der Waals surface area (Å²) >= 11 is 0. The van der Waals surface area contributed by atoms with Crippen molar-refractivity contribution >= 4 is 29.9 Å². The highest BCUT2D eigenvalue weighted by Gasteiger charge is 2.06. The molecule has 132 valence electrons. The van der Waals surface area contributed by atoms with E-state index >= 15 is 0 Å². The number of aromatic nitrogens is 1. The van der Waals surface area contributed by atoms with E-state index in [0.717, 1.165) is 35.3 Å². The summed E-state index contributed by atoms with van der Waals surface area (Å²) in [5.41, 5.74) is 2.00. The van der Waals surface area contributed by atoms with Crippen molar-refractivity contribution in [3.63, 3.8) is 0 Å². The Morgan fingerprint density at radius 1 is 1.29 bits per heavy atom. The van der Waals surface area contributed by atoms with E-state index in [0.29, 0.717) is 19.0 Å². The molecule has 1 aromatic carbocycles. The van der Waals surface area contributed by atoms with E-state index in [1.165, 1.54) is 0 Å². The van der Waals surface area contributed by atoms with Crippen LogP contribution in [-0.4, -0.2) is 24.6 Å². The zero-order valence-corrected chi connectivity index (χ0v) is 16.9. The van der Waals surface area contributed by atoms with Crippen molar-refractivity contribution in [1.82, 2.24) is 15.6 Å². The van der Waals surface area contributed by atoms with Crippen molar-refractivity contribution in [2.75, 3.05) is 13.7 Å². The minimum Gasteiger partial charge on any atom is -0.497 e. The molecular formula is C17H25IN4O2. The van der Waals surface area contributed by atoms with Crippen LogP contribution in [0.15, 0.2) is 33.7 Å². The molecule has 2 aromatic rings. The summed E-state index contributed by atoms with van der Waals surface area (Å²) in [4.78, 5) is 8.93. The summed E-state index contributed by atoms with van der Waals surface area (Å²) in [5.74, 6) is 3.07. The van der Waals surface area contributed by atoms with E-state index in [2.05, 4.69) is 20.6 Å². The highest BCUT2D eigenvalue weighted by molar-refractivity contribution is 14.0. The second-order valence-electron chi connectivity index (χ2n) is 5.15. The predicted molar refractivity (Wildman–Crippen MR) is 106 cm³/mol. The minimum atomic E-state index is 0. The van der Waals surface area contributed by atoms with E-state index in [9.17, 15) is 0 Å². The van der Waals surface area contributed by atoms with Crippen molar-refractivity contribution in [3.05, 3.63) is 47.2 Å². The van der Waals surface area contributed by atoms with Crippen LogP contribution in [0.4, 0.5) is 0 Å². The van der Waals surface area contributed by atoms with Crippen molar-refractivity contribution in [2.45, 2.75) is 33.9 Å². The molecule has 2 rings (SSSR count). The Morgan fingerprint density at radius 2 is 2.08 bits per heavy atom. The fraction of sp³-hybridized carbons (Fsp3) is 0.412. The first-order valence-electron chi connectivity index (χ1n) is 7.70. The van der Waals surface area contributed by atoms with Crippen LogP contribution in [-0.2, 0) is 13.1 Å². The molecule has 6 nitrogen and oxygen atoms in total. The summed E-state index contributed by atoms with van der Waals surface area (Å²) in [6, 6.07) is 7.89. The van der Waals surface area contributed by atoms with Crippen LogP contribution in [0.1, 0.15) is 29.8 Å². The molecule has 0 amide bonds. The Balaban J connectivity index is 0.00000288. The summed E-state index contributed by atoms with van der Waals surface area (Å²) in [7, 11) is 1.66. The fourth-order valence-corrected chi connectivity index (χ4v) is 2.06. The largest absolute Gasteiger partial charge is 0.497 e. The van der Waals surface area contributed by atoms with Crippen LogP contribution in [0.3, 0.4) is 0 Å². The number of aliphatic imine (C=N–C) groups is 1. The standard InChI is InChI=1S/C17H24N4O2.HI/c1-5-18-17(20-11-16-21-12(2)13(3)23-16)19-10-14-7-6-8-15(9-14)22-4;/h6-9H,5,10-11H2,1-4H3,(H2,18,19,20);1H. The van der Waals surface area contributed by atoms with E-state index < -0.39 is 0 Å². The summed E-state index contributed by atoms with van der Waals surface area (Å²) in [6.07, 6.45) is 0. The highest BCUT2D eigenvalue weighted by Crippen LogP contribution is 2.13. The third-order valence-electron chi connectivity index (χ3n) is 3.38. The lowest BCUT2D eigenvalue weighted by Crippen LogP contribution is -2.36. The lowest BCUT2D eigenvalue weighted by atomic mass is 10.2. The van der Waals surface area contributed by atoms with Crippen LogP contribution in [0.2, 0.25) is 0 Å². The Morgan fingerprint density at radius 3 is 2.71 bits per heavy atom. The third-order valence-corrected chi connectivity index (χ3v) is 3.38. The molecule has 0 saturated carbocycles. The Kier molecular flexibility index (Phi) is 8.59. The van der Waals surface area contributed by atoms with Gasteiger partial charge >= 0.3 is 0 Å². The first-order valence-corrected chi connectivity index (χ1v) is 7.70. The molecule has 0 fully saturated rings. The predicted octanol–water partition coefficient (Wildman–Crippen LogP) is 3.17. The molecule has 0 unspecified atom stereocenters. The number of ether oxygens (including phenoxy) is 1. The number of benzene rings is 1. The third kappa shape index (κ3) is 6.03. The molecule has 1 heterocycles.